The van der Waals surface area contributed by atoms with Crippen molar-refractivity contribution >= 4 is 16.7 Å². The van der Waals surface area contributed by atoms with Crippen LogP contribution in [0.4, 0.5) is 0 Å². The van der Waals surface area contributed by atoms with Gasteiger partial charge in [-0.05, 0) is 41.0 Å². The molecule has 2 N–H and O–H groups in total. The second-order valence-electron chi connectivity index (χ2n) is 5.99. The van der Waals surface area contributed by atoms with Crippen LogP contribution in [0.5, 0.6) is 5.75 Å². The second kappa shape index (κ2) is 6.56. The van der Waals surface area contributed by atoms with Crippen molar-refractivity contribution in [3.05, 3.63) is 42.0 Å². The Bertz CT molecular complexity index is 716. The van der Waals surface area contributed by atoms with Crippen LogP contribution in [0, 0.1) is 0 Å². The first-order chi connectivity index (χ1) is 11.1. The van der Waals surface area contributed by atoms with E-state index < -0.39 is 0 Å². The Morgan fingerprint density at radius 2 is 1.96 bits per heavy atom. The number of methoxy groups -OCH3 is 2. The molecule has 5 nitrogen and oxygen atoms in total. The van der Waals surface area contributed by atoms with Crippen molar-refractivity contribution < 1.29 is 14.3 Å². The number of ether oxygens (including phenoxy) is 2. The van der Waals surface area contributed by atoms with Crippen LogP contribution in [0.2, 0.25) is 0 Å². The Morgan fingerprint density at radius 1 is 1.22 bits per heavy atom. The summed E-state index contributed by atoms with van der Waals surface area (Å²) in [4.78, 5) is 13.8. The molecule has 3 rings (SSSR count). The number of nitrogens with zero attached hydrogens (tertiary/aromatic N) is 1. The lowest BCUT2D eigenvalue weighted by Gasteiger charge is -2.21. The third-order valence-corrected chi connectivity index (χ3v) is 4.52. The van der Waals surface area contributed by atoms with E-state index in [0.29, 0.717) is 13.0 Å². The van der Waals surface area contributed by atoms with E-state index in [1.807, 2.05) is 18.2 Å². The minimum atomic E-state index is -0.282. The van der Waals surface area contributed by atoms with Gasteiger partial charge in [0.15, 0.2) is 0 Å². The van der Waals surface area contributed by atoms with Crippen LogP contribution >= 0.6 is 0 Å². The molecule has 0 spiro atoms. The van der Waals surface area contributed by atoms with E-state index in [-0.39, 0.29) is 18.1 Å². The predicted molar refractivity (Wildman–Crippen MR) is 89.3 cm³/mol. The van der Waals surface area contributed by atoms with Crippen molar-refractivity contribution in [2.75, 3.05) is 20.8 Å². The minimum absolute atomic E-state index is 0.0669. The SMILES string of the molecule is COc1ccc2cc(CN3C[C@@H](OC)C[C@H]3C(N)=O)ccc2c1. The van der Waals surface area contributed by atoms with Crippen LogP contribution in [-0.4, -0.2) is 43.7 Å². The van der Waals surface area contributed by atoms with Crippen LogP contribution in [0.25, 0.3) is 10.8 Å². The standard InChI is InChI=1S/C18H22N2O3/c1-22-15-6-5-13-7-12(3-4-14(13)8-15)10-20-11-16(23-2)9-17(20)18(19)21/h3-8,16-17H,9-11H2,1-2H3,(H2,19,21)/t16-,17-/m0/s1. The van der Waals surface area contributed by atoms with Gasteiger partial charge >= 0.3 is 0 Å². The highest BCUT2D eigenvalue weighted by Crippen LogP contribution is 2.25. The Morgan fingerprint density at radius 3 is 2.65 bits per heavy atom. The molecule has 23 heavy (non-hydrogen) atoms. The molecule has 5 heteroatoms. The van der Waals surface area contributed by atoms with E-state index in [2.05, 4.69) is 23.1 Å². The van der Waals surface area contributed by atoms with Gasteiger partial charge in [-0.2, -0.15) is 0 Å². The minimum Gasteiger partial charge on any atom is -0.497 e. The summed E-state index contributed by atoms with van der Waals surface area (Å²) in [6, 6.07) is 12.1. The Labute approximate surface area is 136 Å². The molecule has 1 aliphatic rings. The molecule has 122 valence electrons. The molecule has 1 amide bonds. The third kappa shape index (κ3) is 3.30. The molecular weight excluding hydrogens is 292 g/mol. The number of nitrogens with two attached hydrogens (primary N) is 1. The number of carbonyl (C=O) groups excluding carboxylic acids is 1. The topological polar surface area (TPSA) is 64.8 Å². The number of primary amides is 1. The van der Waals surface area contributed by atoms with Crippen LogP contribution in [0.1, 0.15) is 12.0 Å². The van der Waals surface area contributed by atoms with Crippen LogP contribution in [0.15, 0.2) is 36.4 Å². The van der Waals surface area contributed by atoms with Gasteiger partial charge in [0.2, 0.25) is 5.91 Å². The Balaban J connectivity index is 1.81. The molecule has 0 unspecified atom stereocenters. The fourth-order valence-electron chi connectivity index (χ4n) is 3.24. The number of benzene rings is 2. The number of hydrogen-bond donors (Lipinski definition) is 1. The molecule has 2 aromatic rings. The fourth-order valence-corrected chi connectivity index (χ4v) is 3.24. The molecule has 2 aromatic carbocycles. The van der Waals surface area contributed by atoms with Crippen molar-refractivity contribution in [1.82, 2.24) is 4.90 Å². The van der Waals surface area contributed by atoms with Gasteiger partial charge in [0, 0.05) is 20.2 Å². The molecule has 2 atom stereocenters. The lowest BCUT2D eigenvalue weighted by Crippen LogP contribution is -2.39. The highest BCUT2D eigenvalue weighted by atomic mass is 16.5. The summed E-state index contributed by atoms with van der Waals surface area (Å²) in [5, 5.41) is 2.29. The second-order valence-corrected chi connectivity index (χ2v) is 5.99. The Kier molecular flexibility index (Phi) is 4.50. The lowest BCUT2D eigenvalue weighted by molar-refractivity contribution is -0.122. The first kappa shape index (κ1) is 15.8. The average Bonchev–Trinajstić information content (AvgIpc) is 2.97. The molecule has 0 aromatic heterocycles. The number of carbonyl (C=O) groups is 1. The predicted octanol–water partition coefficient (Wildman–Crippen LogP) is 1.92. The van der Waals surface area contributed by atoms with E-state index in [1.165, 1.54) is 0 Å². The fraction of sp³-hybridized carbons (Fsp3) is 0.389. The zero-order valence-corrected chi connectivity index (χ0v) is 13.5. The van der Waals surface area contributed by atoms with E-state index in [4.69, 9.17) is 15.2 Å². The van der Waals surface area contributed by atoms with E-state index in [1.54, 1.807) is 14.2 Å². The zero-order valence-electron chi connectivity index (χ0n) is 13.5. The summed E-state index contributed by atoms with van der Waals surface area (Å²) in [7, 11) is 3.34. The first-order valence-electron chi connectivity index (χ1n) is 7.73. The number of fused-ring (bicyclic) bond motifs is 1. The quantitative estimate of drug-likeness (QED) is 0.916. The van der Waals surface area contributed by atoms with Crippen molar-refractivity contribution in [3.8, 4) is 5.75 Å². The number of hydrogen-bond acceptors (Lipinski definition) is 4. The van der Waals surface area contributed by atoms with Gasteiger partial charge in [0.1, 0.15) is 5.75 Å². The van der Waals surface area contributed by atoms with Crippen LogP contribution in [-0.2, 0) is 16.1 Å². The van der Waals surface area contributed by atoms with Crippen molar-refractivity contribution in [2.24, 2.45) is 5.73 Å². The largest absolute Gasteiger partial charge is 0.497 e. The van der Waals surface area contributed by atoms with Gasteiger partial charge in [-0.15, -0.1) is 0 Å². The molecule has 0 aliphatic carbocycles. The van der Waals surface area contributed by atoms with Gasteiger partial charge < -0.3 is 15.2 Å². The molecule has 0 saturated carbocycles. The molecule has 0 radical (unpaired) electrons. The highest BCUT2D eigenvalue weighted by Gasteiger charge is 2.35. The molecule has 1 heterocycles. The molecule has 1 fully saturated rings. The first-order valence-corrected chi connectivity index (χ1v) is 7.73. The molecular formula is C18H22N2O3. The number of rotatable bonds is 5. The van der Waals surface area contributed by atoms with Gasteiger partial charge in [0.25, 0.3) is 0 Å². The Hall–Kier alpha value is -2.11. The zero-order chi connectivity index (χ0) is 16.4. The smallest absolute Gasteiger partial charge is 0.234 e. The molecule has 1 aliphatic heterocycles. The monoisotopic (exact) mass is 314 g/mol. The summed E-state index contributed by atoms with van der Waals surface area (Å²) in [6.45, 7) is 1.42. The van der Waals surface area contributed by atoms with Gasteiger partial charge in [0.05, 0.1) is 19.3 Å². The third-order valence-electron chi connectivity index (χ3n) is 4.52. The molecule has 0 bridgehead atoms. The lowest BCUT2D eigenvalue weighted by atomic mass is 10.1. The summed E-state index contributed by atoms with van der Waals surface area (Å²) < 4.78 is 10.6. The highest BCUT2D eigenvalue weighted by molar-refractivity contribution is 5.84. The van der Waals surface area contributed by atoms with E-state index >= 15 is 0 Å². The maximum absolute atomic E-state index is 11.7. The summed E-state index contributed by atoms with van der Waals surface area (Å²) in [5.41, 5.74) is 6.69. The number of amides is 1. The van der Waals surface area contributed by atoms with Gasteiger partial charge in [-0.3, -0.25) is 9.69 Å². The van der Waals surface area contributed by atoms with E-state index in [0.717, 1.165) is 28.6 Å². The van der Waals surface area contributed by atoms with Crippen molar-refractivity contribution in [2.45, 2.75) is 25.1 Å². The van der Waals surface area contributed by atoms with Crippen molar-refractivity contribution in [1.29, 1.82) is 0 Å². The summed E-state index contributed by atoms with van der Waals surface area (Å²) >= 11 is 0. The number of likely N-dealkylation sites (tertiary alicyclic amines) is 1. The van der Waals surface area contributed by atoms with Gasteiger partial charge in [-0.1, -0.05) is 18.2 Å². The summed E-state index contributed by atoms with van der Waals surface area (Å²) in [6.07, 6.45) is 0.730. The van der Waals surface area contributed by atoms with E-state index in [9.17, 15) is 4.79 Å². The average molecular weight is 314 g/mol. The van der Waals surface area contributed by atoms with Crippen molar-refractivity contribution in [3.63, 3.8) is 0 Å². The maximum Gasteiger partial charge on any atom is 0.234 e. The van der Waals surface area contributed by atoms with Gasteiger partial charge in [-0.25, -0.2) is 0 Å². The normalized spacial score (nSPS) is 21.7. The van der Waals surface area contributed by atoms with Crippen LogP contribution < -0.4 is 10.5 Å². The summed E-state index contributed by atoms with van der Waals surface area (Å²) in [5.74, 6) is 0.566. The van der Waals surface area contributed by atoms with Crippen LogP contribution in [0.3, 0.4) is 0 Å². The maximum atomic E-state index is 11.7. The molecule has 1 saturated heterocycles.